The maximum absolute atomic E-state index is 14.6. The first-order valence-electron chi connectivity index (χ1n) is 13.0. The molecule has 1 heterocycles. The zero-order valence-electron chi connectivity index (χ0n) is 21.3. The van der Waals surface area contributed by atoms with Crippen LogP contribution in [0.1, 0.15) is 48.8 Å². The molecule has 0 unspecified atom stereocenters. The van der Waals surface area contributed by atoms with Gasteiger partial charge in [0.15, 0.2) is 0 Å². The monoisotopic (exact) mass is 568 g/mol. The predicted molar refractivity (Wildman–Crippen MR) is 156 cm³/mol. The van der Waals surface area contributed by atoms with Crippen molar-refractivity contribution in [1.82, 2.24) is 9.55 Å². The second-order valence-corrected chi connectivity index (χ2v) is 11.0. The lowest BCUT2D eigenvalue weighted by Crippen LogP contribution is -2.43. The zero-order valence-corrected chi connectivity index (χ0v) is 22.9. The van der Waals surface area contributed by atoms with Gasteiger partial charge in [0, 0.05) is 15.5 Å². The zero-order chi connectivity index (χ0) is 26.1. The van der Waals surface area contributed by atoms with E-state index in [1.807, 2.05) is 54.6 Å². The number of aromatic nitrogens is 2. The highest BCUT2D eigenvalue weighted by molar-refractivity contribution is 9.10. The van der Waals surface area contributed by atoms with Crippen LogP contribution < -0.4 is 15.7 Å². The number of rotatable bonds is 5. The summed E-state index contributed by atoms with van der Waals surface area (Å²) in [6, 6.07) is 23.8. The lowest BCUT2D eigenvalue weighted by atomic mass is 9.62. The number of hydrazone groups is 1. The van der Waals surface area contributed by atoms with Crippen LogP contribution in [0.15, 0.2) is 87.2 Å². The Balaban J connectivity index is 1.58. The summed E-state index contributed by atoms with van der Waals surface area (Å²) in [5, 5.41) is 4.48. The largest absolute Gasteiger partial charge is 0.495 e. The third-order valence-electron chi connectivity index (χ3n) is 7.80. The van der Waals surface area contributed by atoms with Crippen LogP contribution in [0.3, 0.4) is 0 Å². The number of nitrogens with zero attached hydrogens (tertiary/aromatic N) is 3. The Labute approximate surface area is 230 Å². The number of nitrogens with one attached hydrogen (secondary N) is 1. The molecular formula is C31H29BrN4O2. The highest BCUT2D eigenvalue weighted by atomic mass is 79.9. The van der Waals surface area contributed by atoms with Crippen molar-refractivity contribution in [3.05, 3.63) is 104 Å². The topological polar surface area (TPSA) is 68.5 Å². The molecule has 0 atom stereocenters. The molecule has 1 saturated carbocycles. The van der Waals surface area contributed by atoms with Gasteiger partial charge in [0.05, 0.1) is 30.3 Å². The van der Waals surface area contributed by atoms with Crippen LogP contribution in [-0.2, 0) is 11.8 Å². The van der Waals surface area contributed by atoms with Gasteiger partial charge in [0.25, 0.3) is 5.56 Å². The van der Waals surface area contributed by atoms with Crippen LogP contribution in [0.5, 0.6) is 5.75 Å². The van der Waals surface area contributed by atoms with Crippen LogP contribution >= 0.6 is 15.9 Å². The number of hydrogen-bond acceptors (Lipinski definition) is 5. The number of benzene rings is 3. The highest BCUT2D eigenvalue weighted by Crippen LogP contribution is 2.49. The minimum absolute atomic E-state index is 0.0581. The Morgan fingerprint density at radius 3 is 2.53 bits per heavy atom. The van der Waals surface area contributed by atoms with Crippen molar-refractivity contribution in [2.75, 3.05) is 12.5 Å². The summed E-state index contributed by atoms with van der Waals surface area (Å²) in [4.78, 5) is 19.8. The maximum Gasteiger partial charge on any atom is 0.264 e. The summed E-state index contributed by atoms with van der Waals surface area (Å²) < 4.78 is 8.31. The molecule has 192 valence electrons. The molecule has 0 radical (unpaired) electrons. The molecule has 0 bridgehead atoms. The van der Waals surface area contributed by atoms with Gasteiger partial charge in [-0.2, -0.15) is 5.10 Å². The van der Waals surface area contributed by atoms with Gasteiger partial charge in [0.1, 0.15) is 5.75 Å². The molecule has 0 aliphatic heterocycles. The summed E-state index contributed by atoms with van der Waals surface area (Å²) in [7, 11) is 1.62. The molecule has 6 rings (SSSR count). The van der Waals surface area contributed by atoms with Gasteiger partial charge < -0.3 is 4.74 Å². The van der Waals surface area contributed by atoms with E-state index in [0.717, 1.165) is 59.0 Å². The normalized spacial score (nSPS) is 15.7. The Hall–Kier alpha value is -3.71. The van der Waals surface area contributed by atoms with E-state index in [9.17, 15) is 4.79 Å². The van der Waals surface area contributed by atoms with Crippen LogP contribution in [-0.4, -0.2) is 22.9 Å². The Morgan fingerprint density at radius 1 is 1.00 bits per heavy atom. The fraction of sp³-hybridized carbons (Fsp3) is 0.258. The molecule has 1 spiro atoms. The van der Waals surface area contributed by atoms with E-state index < -0.39 is 0 Å². The van der Waals surface area contributed by atoms with Gasteiger partial charge in [-0.25, -0.2) is 15.0 Å². The number of methoxy groups -OCH3 is 1. The summed E-state index contributed by atoms with van der Waals surface area (Å²) in [6.45, 7) is 0. The summed E-state index contributed by atoms with van der Waals surface area (Å²) >= 11 is 3.47. The van der Waals surface area contributed by atoms with Gasteiger partial charge in [-0.15, -0.1) is 0 Å². The molecule has 4 aromatic rings. The number of anilines is 1. The first-order valence-corrected chi connectivity index (χ1v) is 13.8. The number of halogens is 1. The van der Waals surface area contributed by atoms with E-state index in [-0.39, 0.29) is 11.0 Å². The van der Waals surface area contributed by atoms with E-state index in [1.165, 1.54) is 12.0 Å². The smallest absolute Gasteiger partial charge is 0.264 e. The molecule has 0 saturated heterocycles. The molecule has 3 aromatic carbocycles. The van der Waals surface area contributed by atoms with Gasteiger partial charge in [-0.1, -0.05) is 83.7 Å². The molecule has 38 heavy (non-hydrogen) atoms. The third-order valence-corrected chi connectivity index (χ3v) is 8.33. The van der Waals surface area contributed by atoms with Gasteiger partial charge in [-0.05, 0) is 54.7 Å². The van der Waals surface area contributed by atoms with Gasteiger partial charge in [-0.3, -0.25) is 4.79 Å². The van der Waals surface area contributed by atoms with Crippen molar-refractivity contribution >= 4 is 28.1 Å². The van der Waals surface area contributed by atoms with Crippen molar-refractivity contribution in [3.8, 4) is 22.7 Å². The minimum Gasteiger partial charge on any atom is -0.495 e. The van der Waals surface area contributed by atoms with Crippen molar-refractivity contribution in [2.24, 2.45) is 5.10 Å². The van der Waals surface area contributed by atoms with Crippen molar-refractivity contribution in [2.45, 2.75) is 43.9 Å². The maximum atomic E-state index is 14.6. The molecular weight excluding hydrogens is 540 g/mol. The van der Waals surface area contributed by atoms with Crippen molar-refractivity contribution in [1.29, 1.82) is 0 Å². The standard InChI is InChI=1S/C31H29BrN4O2/c1-38-26-12-6-5-11-25(26)36-29(37)27-28(34-30(36)35-33-20-21-13-15-23(32)16-14-21)24-10-4-3-9-22(24)19-31(27)17-7-2-8-18-31/h3-6,9-16,20H,2,7-8,17-19H2,1H3,(H,34,35). The Morgan fingerprint density at radius 2 is 1.74 bits per heavy atom. The lowest BCUT2D eigenvalue weighted by molar-refractivity contribution is 0.284. The second-order valence-electron chi connectivity index (χ2n) is 10.1. The molecule has 1 aromatic heterocycles. The average Bonchev–Trinajstić information content (AvgIpc) is 2.94. The van der Waals surface area contributed by atoms with Gasteiger partial charge in [0.2, 0.25) is 5.95 Å². The third kappa shape index (κ3) is 4.35. The Kier molecular flexibility index (Phi) is 6.62. The van der Waals surface area contributed by atoms with E-state index in [1.54, 1.807) is 17.9 Å². The minimum atomic E-state index is -0.213. The van der Waals surface area contributed by atoms with Crippen molar-refractivity contribution in [3.63, 3.8) is 0 Å². The first-order chi connectivity index (χ1) is 18.6. The molecule has 6 nitrogen and oxygen atoms in total. The molecule has 2 aliphatic carbocycles. The number of para-hydroxylation sites is 2. The van der Waals surface area contributed by atoms with E-state index in [4.69, 9.17) is 9.72 Å². The lowest BCUT2D eigenvalue weighted by Gasteiger charge is -2.42. The number of hydrogen-bond donors (Lipinski definition) is 1. The number of ether oxygens (including phenoxy) is 1. The average molecular weight is 570 g/mol. The van der Waals surface area contributed by atoms with E-state index in [0.29, 0.717) is 17.4 Å². The van der Waals surface area contributed by atoms with Crippen LogP contribution in [0.2, 0.25) is 0 Å². The summed E-state index contributed by atoms with van der Waals surface area (Å²) in [5.41, 5.74) is 8.27. The van der Waals surface area contributed by atoms with E-state index >= 15 is 0 Å². The first kappa shape index (κ1) is 24.6. The summed E-state index contributed by atoms with van der Waals surface area (Å²) in [5.74, 6) is 0.958. The quantitative estimate of drug-likeness (QED) is 0.210. The van der Waals surface area contributed by atoms with E-state index in [2.05, 4.69) is 44.7 Å². The Bertz CT molecular complexity index is 1570. The fourth-order valence-electron chi connectivity index (χ4n) is 6.03. The molecule has 1 N–H and O–H groups in total. The second kappa shape index (κ2) is 10.2. The molecule has 0 amide bonds. The summed E-state index contributed by atoms with van der Waals surface area (Å²) in [6.07, 6.45) is 8.02. The van der Waals surface area contributed by atoms with Crippen molar-refractivity contribution < 1.29 is 4.74 Å². The van der Waals surface area contributed by atoms with Gasteiger partial charge >= 0.3 is 0 Å². The van der Waals surface area contributed by atoms with Crippen LogP contribution in [0, 0.1) is 0 Å². The predicted octanol–water partition coefficient (Wildman–Crippen LogP) is 6.87. The molecule has 1 fully saturated rings. The molecule has 7 heteroatoms. The molecule has 2 aliphatic rings. The fourth-order valence-corrected chi connectivity index (χ4v) is 6.30. The highest BCUT2D eigenvalue weighted by Gasteiger charge is 2.43. The van der Waals surface area contributed by atoms with Crippen LogP contribution in [0.25, 0.3) is 16.9 Å². The SMILES string of the molecule is COc1ccccc1-n1c(NN=Cc2ccc(Br)cc2)nc2c(c1=O)C1(CCCCC1)Cc1ccccc1-2. The van der Waals surface area contributed by atoms with Crippen LogP contribution in [0.4, 0.5) is 5.95 Å². The number of fused-ring (bicyclic) bond motifs is 4.